The average molecular weight is 379 g/mol. The van der Waals surface area contributed by atoms with E-state index in [-0.39, 0.29) is 11.4 Å². The molecule has 3 rings (SSSR count). The Hall–Kier alpha value is -2.52. The molecule has 0 unspecified atom stereocenters. The summed E-state index contributed by atoms with van der Waals surface area (Å²) in [6.07, 6.45) is 0. The van der Waals surface area contributed by atoms with Gasteiger partial charge >= 0.3 is 5.69 Å². The molecule has 0 atom stereocenters. The maximum atomic E-state index is 12.1. The molecule has 2 heterocycles. The minimum atomic E-state index is -0.568. The highest BCUT2D eigenvalue weighted by atomic mass is 35.5. The number of aromatic nitrogens is 2. The van der Waals surface area contributed by atoms with Crippen molar-refractivity contribution >= 4 is 45.7 Å². The van der Waals surface area contributed by atoms with Gasteiger partial charge in [-0.2, -0.15) is 5.10 Å². The Labute approximate surface area is 151 Å². The molecule has 10 heteroatoms. The van der Waals surface area contributed by atoms with Crippen LogP contribution in [-0.2, 0) is 7.05 Å². The van der Waals surface area contributed by atoms with Crippen molar-refractivity contribution in [3.8, 4) is 0 Å². The van der Waals surface area contributed by atoms with Gasteiger partial charge in [0.25, 0.3) is 5.56 Å². The lowest BCUT2D eigenvalue weighted by molar-refractivity contribution is 0.809. The zero-order valence-electron chi connectivity index (χ0n) is 13.5. The maximum absolute atomic E-state index is 12.1. The Morgan fingerprint density at radius 2 is 2.16 bits per heavy atom. The molecule has 25 heavy (non-hydrogen) atoms. The van der Waals surface area contributed by atoms with Gasteiger partial charge in [0.2, 0.25) is 0 Å². The number of anilines is 1. The van der Waals surface area contributed by atoms with Crippen molar-refractivity contribution in [3.63, 3.8) is 0 Å². The van der Waals surface area contributed by atoms with Gasteiger partial charge in [0.15, 0.2) is 5.17 Å². The van der Waals surface area contributed by atoms with Crippen LogP contribution in [0.4, 0.5) is 11.5 Å². The number of thioether (sulfide) groups is 1. The van der Waals surface area contributed by atoms with E-state index in [1.165, 1.54) is 23.4 Å². The molecule has 2 aromatic rings. The second-order valence-electron chi connectivity index (χ2n) is 5.34. The number of aliphatic imine (C=N–C) groups is 1. The molecule has 0 amide bonds. The van der Waals surface area contributed by atoms with Crippen LogP contribution in [0.5, 0.6) is 0 Å². The zero-order chi connectivity index (χ0) is 18.1. The number of hydrogen-bond acceptors (Lipinski definition) is 6. The number of H-pyrrole nitrogens is 1. The van der Waals surface area contributed by atoms with Crippen LogP contribution < -0.4 is 22.4 Å². The van der Waals surface area contributed by atoms with Crippen LogP contribution in [0.25, 0.3) is 0 Å². The number of benzene rings is 1. The zero-order valence-corrected chi connectivity index (χ0v) is 15.0. The fraction of sp³-hybridized carbons (Fsp3) is 0.200. The lowest BCUT2D eigenvalue weighted by Gasteiger charge is -2.16. The average Bonchev–Trinajstić information content (AvgIpc) is 2.58. The molecule has 0 bridgehead atoms. The van der Waals surface area contributed by atoms with Crippen molar-refractivity contribution in [2.45, 2.75) is 6.92 Å². The van der Waals surface area contributed by atoms with E-state index in [9.17, 15) is 9.59 Å². The van der Waals surface area contributed by atoms with E-state index in [0.29, 0.717) is 21.7 Å². The van der Waals surface area contributed by atoms with Crippen LogP contribution in [0.3, 0.4) is 0 Å². The summed E-state index contributed by atoms with van der Waals surface area (Å²) in [5.41, 5.74) is 9.80. The normalized spacial score (nSPS) is 15.8. The third-order valence-electron chi connectivity index (χ3n) is 3.75. The molecule has 8 nitrogen and oxygen atoms in total. The Balaban J connectivity index is 1.93. The highest BCUT2D eigenvalue weighted by molar-refractivity contribution is 8.14. The van der Waals surface area contributed by atoms with Gasteiger partial charge in [0.1, 0.15) is 11.4 Å². The first kappa shape index (κ1) is 17.3. The predicted molar refractivity (Wildman–Crippen MR) is 102 cm³/mol. The first-order chi connectivity index (χ1) is 11.9. The van der Waals surface area contributed by atoms with E-state index < -0.39 is 11.2 Å². The standard InChI is InChI=1S/C15H15ClN6O2S/c1-7-8(16)4-3-5-9(7)18-14-21-20-10(6-25-14)11-12(17)22(2)15(24)19-13(11)23/h3-5H,6,17H2,1-2H3,(H,18,21)(H,19,23,24). The minimum Gasteiger partial charge on any atom is -0.384 e. The van der Waals surface area contributed by atoms with E-state index >= 15 is 0 Å². The number of hydrazone groups is 1. The summed E-state index contributed by atoms with van der Waals surface area (Å²) in [5.74, 6) is 0.456. The summed E-state index contributed by atoms with van der Waals surface area (Å²) in [6, 6.07) is 5.47. The Morgan fingerprint density at radius 1 is 1.40 bits per heavy atom. The van der Waals surface area contributed by atoms with Gasteiger partial charge in [-0.15, -0.1) is 0 Å². The summed E-state index contributed by atoms with van der Waals surface area (Å²) in [7, 11) is 1.48. The highest BCUT2D eigenvalue weighted by Crippen LogP contribution is 2.27. The van der Waals surface area contributed by atoms with Gasteiger partial charge in [-0.3, -0.25) is 19.8 Å². The van der Waals surface area contributed by atoms with Gasteiger partial charge in [-0.25, -0.2) is 9.79 Å². The molecule has 0 saturated carbocycles. The van der Waals surface area contributed by atoms with E-state index in [4.69, 9.17) is 17.3 Å². The fourth-order valence-electron chi connectivity index (χ4n) is 2.24. The van der Waals surface area contributed by atoms with Gasteiger partial charge < -0.3 is 5.73 Å². The predicted octanol–water partition coefficient (Wildman–Crippen LogP) is 1.35. The summed E-state index contributed by atoms with van der Waals surface area (Å²) < 4.78 is 1.17. The quantitative estimate of drug-likeness (QED) is 0.729. The Kier molecular flexibility index (Phi) is 4.69. The third kappa shape index (κ3) is 3.33. The summed E-state index contributed by atoms with van der Waals surface area (Å²) in [4.78, 5) is 30.3. The molecular formula is C15H15ClN6O2S. The molecule has 0 radical (unpaired) electrons. The van der Waals surface area contributed by atoms with E-state index in [2.05, 4.69) is 20.5 Å². The maximum Gasteiger partial charge on any atom is 0.329 e. The number of halogens is 1. The molecule has 1 aromatic carbocycles. The van der Waals surface area contributed by atoms with Crippen molar-refractivity contribution < 1.29 is 0 Å². The number of aromatic amines is 1. The van der Waals surface area contributed by atoms with Crippen LogP contribution >= 0.6 is 23.4 Å². The van der Waals surface area contributed by atoms with Crippen LogP contribution in [-0.4, -0.2) is 26.2 Å². The Bertz CT molecular complexity index is 1020. The van der Waals surface area contributed by atoms with Crippen LogP contribution in [0.1, 0.15) is 11.1 Å². The molecule has 0 saturated heterocycles. The number of nitrogens with one attached hydrogen (secondary N) is 2. The number of hydrogen-bond donors (Lipinski definition) is 3. The van der Waals surface area contributed by atoms with Crippen LogP contribution in [0, 0.1) is 6.92 Å². The first-order valence-corrected chi connectivity index (χ1v) is 8.63. The van der Waals surface area contributed by atoms with E-state index in [1.54, 1.807) is 6.07 Å². The monoisotopic (exact) mass is 378 g/mol. The van der Waals surface area contributed by atoms with Gasteiger partial charge in [0, 0.05) is 17.8 Å². The van der Waals surface area contributed by atoms with E-state index in [0.717, 1.165) is 11.3 Å². The topological polar surface area (TPSA) is 118 Å². The minimum absolute atomic E-state index is 0.0703. The second kappa shape index (κ2) is 6.77. The molecule has 0 aliphatic carbocycles. The number of nitrogens with zero attached hydrogens (tertiary/aromatic N) is 3. The van der Waals surface area contributed by atoms with E-state index in [1.807, 2.05) is 19.1 Å². The lowest BCUT2D eigenvalue weighted by atomic mass is 10.2. The molecular weight excluding hydrogens is 364 g/mol. The molecule has 0 spiro atoms. The second-order valence-corrected chi connectivity index (χ2v) is 6.71. The van der Waals surface area contributed by atoms with Crippen molar-refractivity contribution in [2.24, 2.45) is 17.1 Å². The SMILES string of the molecule is Cc1c(Cl)cccc1N=C1NN=C(c2c(N)n(C)c(=O)[nH]c2=O)CS1. The summed E-state index contributed by atoms with van der Waals surface area (Å²) in [5, 5.41) is 5.40. The highest BCUT2D eigenvalue weighted by Gasteiger charge is 2.20. The van der Waals surface area contributed by atoms with Crippen LogP contribution in [0.15, 0.2) is 37.9 Å². The number of nitrogens with two attached hydrogens (primary N) is 1. The van der Waals surface area contributed by atoms with Gasteiger partial charge in [0.05, 0.1) is 11.4 Å². The molecule has 4 N–H and O–H groups in total. The van der Waals surface area contributed by atoms with Crippen molar-refractivity contribution in [1.29, 1.82) is 0 Å². The summed E-state index contributed by atoms with van der Waals surface area (Å²) in [6.45, 7) is 1.88. The van der Waals surface area contributed by atoms with Crippen molar-refractivity contribution in [1.82, 2.24) is 15.0 Å². The Morgan fingerprint density at radius 3 is 2.84 bits per heavy atom. The molecule has 1 aromatic heterocycles. The van der Waals surface area contributed by atoms with Gasteiger partial charge in [-0.1, -0.05) is 29.4 Å². The number of amidine groups is 1. The molecule has 1 aliphatic rings. The largest absolute Gasteiger partial charge is 0.384 e. The lowest BCUT2D eigenvalue weighted by Crippen LogP contribution is -2.37. The molecule has 0 fully saturated rings. The van der Waals surface area contributed by atoms with Gasteiger partial charge in [-0.05, 0) is 24.6 Å². The van der Waals surface area contributed by atoms with Crippen molar-refractivity contribution in [2.75, 3.05) is 11.5 Å². The molecule has 130 valence electrons. The van der Waals surface area contributed by atoms with Crippen molar-refractivity contribution in [3.05, 3.63) is 55.2 Å². The first-order valence-electron chi connectivity index (χ1n) is 7.27. The third-order valence-corrected chi connectivity index (χ3v) is 5.03. The molecule has 1 aliphatic heterocycles. The smallest absolute Gasteiger partial charge is 0.329 e. The van der Waals surface area contributed by atoms with Crippen LogP contribution in [0.2, 0.25) is 5.02 Å². The fourth-order valence-corrected chi connectivity index (χ4v) is 3.17. The number of nitrogen functional groups attached to an aromatic ring is 1. The number of rotatable bonds is 2. The summed E-state index contributed by atoms with van der Waals surface area (Å²) >= 11 is 7.47.